The molecular formula is C18H24ClN3O2. The van der Waals surface area contributed by atoms with Gasteiger partial charge in [-0.2, -0.15) is 0 Å². The molecule has 1 atom stereocenters. The van der Waals surface area contributed by atoms with Crippen LogP contribution in [0.25, 0.3) is 10.9 Å². The van der Waals surface area contributed by atoms with Crippen molar-refractivity contribution in [1.29, 1.82) is 0 Å². The number of H-pyrrole nitrogens is 1. The van der Waals surface area contributed by atoms with Crippen molar-refractivity contribution >= 4 is 29.2 Å². The first-order valence-electron chi connectivity index (χ1n) is 8.17. The number of carbonyl (C=O) groups excluding carboxylic acids is 1. The summed E-state index contributed by atoms with van der Waals surface area (Å²) in [7, 11) is 1.93. The summed E-state index contributed by atoms with van der Waals surface area (Å²) in [6, 6.07) is 7.61. The van der Waals surface area contributed by atoms with E-state index in [4.69, 9.17) is 0 Å². The number of nitrogens with zero attached hydrogens (tertiary/aromatic N) is 1. The van der Waals surface area contributed by atoms with Gasteiger partial charge in [-0.15, -0.1) is 12.4 Å². The summed E-state index contributed by atoms with van der Waals surface area (Å²) in [6.07, 6.45) is 2.11. The van der Waals surface area contributed by atoms with Crippen LogP contribution in [-0.4, -0.2) is 42.5 Å². The lowest BCUT2D eigenvalue weighted by Crippen LogP contribution is -2.44. The molecule has 0 bridgehead atoms. The third kappa shape index (κ3) is 3.47. The Morgan fingerprint density at radius 3 is 2.88 bits per heavy atom. The van der Waals surface area contributed by atoms with E-state index in [1.165, 1.54) is 0 Å². The van der Waals surface area contributed by atoms with E-state index < -0.39 is 0 Å². The van der Waals surface area contributed by atoms with Gasteiger partial charge in [0.2, 0.25) is 0 Å². The molecule has 1 aromatic carbocycles. The van der Waals surface area contributed by atoms with Gasteiger partial charge in [0.15, 0.2) is 0 Å². The number of halogens is 1. The third-order valence-corrected chi connectivity index (χ3v) is 4.69. The number of nitrogens with one attached hydrogen (secondary N) is 2. The lowest BCUT2D eigenvalue weighted by Gasteiger charge is -2.33. The Balaban J connectivity index is 0.00000208. The fourth-order valence-electron chi connectivity index (χ4n) is 3.53. The zero-order chi connectivity index (χ0) is 16.4. The number of amides is 1. The van der Waals surface area contributed by atoms with Gasteiger partial charge in [-0.3, -0.25) is 9.59 Å². The minimum absolute atomic E-state index is 0. The van der Waals surface area contributed by atoms with Gasteiger partial charge in [0.1, 0.15) is 5.56 Å². The van der Waals surface area contributed by atoms with Gasteiger partial charge in [0, 0.05) is 24.0 Å². The number of hydrogen-bond donors (Lipinski definition) is 2. The van der Waals surface area contributed by atoms with Gasteiger partial charge < -0.3 is 15.2 Å². The van der Waals surface area contributed by atoms with E-state index in [9.17, 15) is 9.59 Å². The molecule has 1 saturated heterocycles. The molecule has 1 fully saturated rings. The second-order valence-corrected chi connectivity index (χ2v) is 6.32. The van der Waals surface area contributed by atoms with Gasteiger partial charge in [-0.1, -0.05) is 18.2 Å². The van der Waals surface area contributed by atoms with Crippen molar-refractivity contribution < 1.29 is 4.79 Å². The third-order valence-electron chi connectivity index (χ3n) is 4.69. The van der Waals surface area contributed by atoms with E-state index in [2.05, 4.69) is 10.3 Å². The van der Waals surface area contributed by atoms with E-state index in [-0.39, 0.29) is 29.4 Å². The number of pyridine rings is 1. The van der Waals surface area contributed by atoms with Crippen molar-refractivity contribution in [2.24, 2.45) is 5.92 Å². The van der Waals surface area contributed by atoms with Crippen molar-refractivity contribution in [3.8, 4) is 0 Å². The van der Waals surface area contributed by atoms with Crippen molar-refractivity contribution in [3.05, 3.63) is 45.7 Å². The number of aromatic amines is 1. The lowest BCUT2D eigenvalue weighted by atomic mass is 9.96. The molecule has 0 aliphatic carbocycles. The maximum absolute atomic E-state index is 12.9. The number of likely N-dealkylation sites (tertiary alicyclic amines) is 1. The van der Waals surface area contributed by atoms with Crippen LogP contribution in [0.5, 0.6) is 0 Å². The molecule has 1 unspecified atom stereocenters. The number of aryl methyl sites for hydroxylation is 1. The monoisotopic (exact) mass is 349 g/mol. The van der Waals surface area contributed by atoms with Gasteiger partial charge in [-0.05, 0) is 50.9 Å². The van der Waals surface area contributed by atoms with Crippen molar-refractivity contribution in [3.63, 3.8) is 0 Å². The maximum Gasteiger partial charge on any atom is 0.261 e. The molecule has 0 saturated carbocycles. The minimum atomic E-state index is -0.290. The van der Waals surface area contributed by atoms with Crippen LogP contribution in [0.2, 0.25) is 0 Å². The zero-order valence-corrected chi connectivity index (χ0v) is 14.9. The standard InChI is InChI=1S/C18H23N3O2.ClH/c1-12-14-7-3-4-8-15(14)20-17(22)16(12)18(23)21-9-5-6-13(11-21)10-19-2;/h3-4,7-8,13,19H,5-6,9-11H2,1-2H3,(H,20,22);1H. The highest BCUT2D eigenvalue weighted by Crippen LogP contribution is 2.21. The van der Waals surface area contributed by atoms with E-state index in [0.717, 1.165) is 42.4 Å². The number of fused-ring (bicyclic) bond motifs is 1. The minimum Gasteiger partial charge on any atom is -0.338 e. The number of aromatic nitrogens is 1. The SMILES string of the molecule is CNCC1CCCN(C(=O)c2c(C)c3ccccc3[nH]c2=O)C1.Cl. The van der Waals surface area contributed by atoms with Crippen LogP contribution in [0.4, 0.5) is 0 Å². The Kier molecular flexibility index (Phi) is 6.02. The molecule has 1 aliphatic rings. The van der Waals surface area contributed by atoms with Crippen molar-refractivity contribution in [2.75, 3.05) is 26.7 Å². The number of carbonyl (C=O) groups is 1. The Hall–Kier alpha value is -1.85. The maximum atomic E-state index is 12.9. The molecular weight excluding hydrogens is 326 g/mol. The average Bonchev–Trinajstić information content (AvgIpc) is 2.55. The predicted molar refractivity (Wildman–Crippen MR) is 99.1 cm³/mol. The highest BCUT2D eigenvalue weighted by Gasteiger charge is 2.27. The highest BCUT2D eigenvalue weighted by molar-refractivity contribution is 5.99. The summed E-state index contributed by atoms with van der Waals surface area (Å²) in [6.45, 7) is 4.20. The van der Waals surface area contributed by atoms with Gasteiger partial charge >= 0.3 is 0 Å². The van der Waals surface area contributed by atoms with Crippen LogP contribution in [0.1, 0.15) is 28.8 Å². The van der Waals surface area contributed by atoms with Crippen LogP contribution in [0.15, 0.2) is 29.1 Å². The number of para-hydroxylation sites is 1. The molecule has 3 rings (SSSR count). The zero-order valence-electron chi connectivity index (χ0n) is 14.1. The van der Waals surface area contributed by atoms with Crippen LogP contribution in [0.3, 0.4) is 0 Å². The molecule has 0 spiro atoms. The second kappa shape index (κ2) is 7.81. The smallest absolute Gasteiger partial charge is 0.261 e. The summed E-state index contributed by atoms with van der Waals surface area (Å²) >= 11 is 0. The van der Waals surface area contributed by atoms with Gasteiger partial charge in [0.25, 0.3) is 11.5 Å². The Morgan fingerprint density at radius 1 is 1.38 bits per heavy atom. The quantitative estimate of drug-likeness (QED) is 0.893. The topological polar surface area (TPSA) is 65.2 Å². The van der Waals surface area contributed by atoms with Crippen molar-refractivity contribution in [1.82, 2.24) is 15.2 Å². The largest absolute Gasteiger partial charge is 0.338 e. The number of benzene rings is 1. The van der Waals surface area contributed by atoms with Crippen LogP contribution >= 0.6 is 12.4 Å². The van der Waals surface area contributed by atoms with E-state index in [1.807, 2.05) is 43.1 Å². The van der Waals surface area contributed by atoms with Gasteiger partial charge in [-0.25, -0.2) is 0 Å². The normalized spacial score (nSPS) is 17.6. The van der Waals surface area contributed by atoms with Crippen molar-refractivity contribution in [2.45, 2.75) is 19.8 Å². The first-order chi connectivity index (χ1) is 11.1. The molecule has 2 N–H and O–H groups in total. The average molecular weight is 350 g/mol. The molecule has 24 heavy (non-hydrogen) atoms. The van der Waals surface area contributed by atoms with Crippen LogP contribution in [0, 0.1) is 12.8 Å². The summed E-state index contributed by atoms with van der Waals surface area (Å²) < 4.78 is 0. The summed E-state index contributed by atoms with van der Waals surface area (Å²) in [4.78, 5) is 30.0. The fraction of sp³-hybridized carbons (Fsp3) is 0.444. The van der Waals surface area contributed by atoms with Crippen LogP contribution in [-0.2, 0) is 0 Å². The van der Waals surface area contributed by atoms with Crippen LogP contribution < -0.4 is 10.9 Å². The number of piperidine rings is 1. The molecule has 1 amide bonds. The first-order valence-corrected chi connectivity index (χ1v) is 8.17. The number of hydrogen-bond acceptors (Lipinski definition) is 3. The molecule has 1 aromatic heterocycles. The molecule has 6 heteroatoms. The van der Waals surface area contributed by atoms with Gasteiger partial charge in [0.05, 0.1) is 0 Å². The Bertz CT molecular complexity index is 785. The summed E-state index contributed by atoms with van der Waals surface area (Å²) in [5, 5.41) is 4.11. The van der Waals surface area contributed by atoms with E-state index in [0.29, 0.717) is 12.5 Å². The van der Waals surface area contributed by atoms with E-state index >= 15 is 0 Å². The lowest BCUT2D eigenvalue weighted by molar-refractivity contribution is 0.0672. The number of rotatable bonds is 3. The molecule has 2 heterocycles. The first kappa shape index (κ1) is 18.5. The molecule has 5 nitrogen and oxygen atoms in total. The fourth-order valence-corrected chi connectivity index (χ4v) is 3.53. The molecule has 0 radical (unpaired) electrons. The van der Waals surface area contributed by atoms with E-state index in [1.54, 1.807) is 0 Å². The summed E-state index contributed by atoms with van der Waals surface area (Å²) in [5.41, 5.74) is 1.54. The predicted octanol–water partition coefficient (Wildman–Crippen LogP) is 2.33. The summed E-state index contributed by atoms with van der Waals surface area (Å²) in [5.74, 6) is 0.313. The second-order valence-electron chi connectivity index (χ2n) is 6.32. The molecule has 1 aliphatic heterocycles. The Morgan fingerprint density at radius 2 is 2.12 bits per heavy atom. The molecule has 2 aromatic rings. The Labute approximate surface area is 147 Å². The molecule has 130 valence electrons. The highest BCUT2D eigenvalue weighted by atomic mass is 35.5.